The molecular weight excluding hydrogens is 178 g/mol. The van der Waals surface area contributed by atoms with E-state index in [-0.39, 0.29) is 0 Å². The Balaban J connectivity index is 2.21. The molecule has 0 spiro atoms. The summed E-state index contributed by atoms with van der Waals surface area (Å²) >= 11 is 0. The lowest BCUT2D eigenvalue weighted by atomic mass is 9.82. The van der Waals surface area contributed by atoms with E-state index in [1.807, 2.05) is 0 Å². The third-order valence-corrected chi connectivity index (χ3v) is 2.95. The highest BCUT2D eigenvalue weighted by molar-refractivity contribution is 4.84. The lowest BCUT2D eigenvalue weighted by Crippen LogP contribution is -2.36. The smallest absolute Gasteiger partial charge is 0.0587 e. The van der Waals surface area contributed by atoms with Crippen LogP contribution in [0.15, 0.2) is 0 Å². The normalized spacial score (nSPS) is 27.0. The summed E-state index contributed by atoms with van der Waals surface area (Å²) in [6.45, 7) is 6.93. The van der Waals surface area contributed by atoms with Gasteiger partial charge in [-0.15, -0.1) is 0 Å². The maximum atomic E-state index is 5.50. The van der Waals surface area contributed by atoms with Gasteiger partial charge in [-0.25, -0.2) is 0 Å². The molecular formula is C11H23NO2. The van der Waals surface area contributed by atoms with Crippen molar-refractivity contribution in [3.63, 3.8) is 0 Å². The van der Waals surface area contributed by atoms with E-state index in [1.54, 1.807) is 7.11 Å². The molecule has 1 aliphatic heterocycles. The topological polar surface area (TPSA) is 30.5 Å². The van der Waals surface area contributed by atoms with Crippen molar-refractivity contribution in [2.45, 2.75) is 26.2 Å². The largest absolute Gasteiger partial charge is 0.383 e. The zero-order valence-corrected chi connectivity index (χ0v) is 9.47. The van der Waals surface area contributed by atoms with E-state index < -0.39 is 0 Å². The summed E-state index contributed by atoms with van der Waals surface area (Å²) < 4.78 is 10.5. The third kappa shape index (κ3) is 3.56. The minimum atomic E-state index is 0.405. The molecule has 0 aromatic heterocycles. The zero-order chi connectivity index (χ0) is 10.3. The van der Waals surface area contributed by atoms with Crippen LogP contribution in [0.5, 0.6) is 0 Å². The fourth-order valence-electron chi connectivity index (χ4n) is 2.13. The summed E-state index contributed by atoms with van der Waals surface area (Å²) in [6.07, 6.45) is 3.73. The van der Waals surface area contributed by atoms with Gasteiger partial charge in [0.15, 0.2) is 0 Å². The number of methoxy groups -OCH3 is 1. The van der Waals surface area contributed by atoms with Crippen molar-refractivity contribution in [1.29, 1.82) is 0 Å². The molecule has 1 fully saturated rings. The number of ether oxygens (including phenoxy) is 2. The molecule has 84 valence electrons. The van der Waals surface area contributed by atoms with Gasteiger partial charge in [0.05, 0.1) is 13.2 Å². The fourth-order valence-corrected chi connectivity index (χ4v) is 2.13. The maximum absolute atomic E-state index is 5.50. The molecule has 0 saturated carbocycles. The van der Waals surface area contributed by atoms with E-state index in [0.29, 0.717) is 5.41 Å². The maximum Gasteiger partial charge on any atom is 0.0587 e. The summed E-state index contributed by atoms with van der Waals surface area (Å²) in [4.78, 5) is 0. The van der Waals surface area contributed by atoms with E-state index in [4.69, 9.17) is 9.47 Å². The van der Waals surface area contributed by atoms with Crippen molar-refractivity contribution in [2.24, 2.45) is 5.41 Å². The first-order chi connectivity index (χ1) is 6.83. The van der Waals surface area contributed by atoms with Crippen LogP contribution in [0.3, 0.4) is 0 Å². The lowest BCUT2D eigenvalue weighted by Gasteiger charge is -2.27. The summed E-state index contributed by atoms with van der Waals surface area (Å²) in [7, 11) is 1.74. The summed E-state index contributed by atoms with van der Waals surface area (Å²) in [5.41, 5.74) is 0.405. The molecule has 0 radical (unpaired) electrons. The van der Waals surface area contributed by atoms with E-state index in [2.05, 4.69) is 12.2 Å². The number of hydrogen-bond donors (Lipinski definition) is 1. The highest BCUT2D eigenvalue weighted by Crippen LogP contribution is 2.32. The zero-order valence-electron chi connectivity index (χ0n) is 9.47. The van der Waals surface area contributed by atoms with Gasteiger partial charge in [-0.3, -0.25) is 0 Å². The molecule has 1 saturated heterocycles. The summed E-state index contributed by atoms with van der Waals surface area (Å²) in [6, 6.07) is 0. The third-order valence-electron chi connectivity index (χ3n) is 2.95. The molecule has 0 aromatic rings. The molecule has 1 N–H and O–H groups in total. The Kier molecular flexibility index (Phi) is 5.45. The van der Waals surface area contributed by atoms with Crippen molar-refractivity contribution in [1.82, 2.24) is 5.32 Å². The number of hydrogen-bond acceptors (Lipinski definition) is 3. The van der Waals surface area contributed by atoms with Gasteiger partial charge in [-0.05, 0) is 12.8 Å². The predicted octanol–water partition coefficient (Wildman–Crippen LogP) is 1.43. The van der Waals surface area contributed by atoms with Gasteiger partial charge in [0, 0.05) is 32.2 Å². The SMILES string of the molecule is CCCC1(CNCCOC)CCOC1. The molecule has 3 nitrogen and oxygen atoms in total. The van der Waals surface area contributed by atoms with Crippen LogP contribution >= 0.6 is 0 Å². The first-order valence-electron chi connectivity index (χ1n) is 5.60. The van der Waals surface area contributed by atoms with Crippen LogP contribution in [-0.2, 0) is 9.47 Å². The molecule has 14 heavy (non-hydrogen) atoms. The molecule has 3 heteroatoms. The van der Waals surface area contributed by atoms with Crippen molar-refractivity contribution in [3.05, 3.63) is 0 Å². The Morgan fingerprint density at radius 2 is 2.36 bits per heavy atom. The van der Waals surface area contributed by atoms with Crippen LogP contribution < -0.4 is 5.32 Å². The predicted molar refractivity (Wildman–Crippen MR) is 57.5 cm³/mol. The van der Waals surface area contributed by atoms with Crippen molar-refractivity contribution >= 4 is 0 Å². The van der Waals surface area contributed by atoms with Crippen LogP contribution in [0.1, 0.15) is 26.2 Å². The standard InChI is InChI=1S/C11H23NO2/c1-3-4-11(5-7-14-10-11)9-12-6-8-13-2/h12H,3-10H2,1-2H3. The van der Waals surface area contributed by atoms with E-state index in [0.717, 1.165) is 32.9 Å². The number of nitrogens with one attached hydrogen (secondary N) is 1. The van der Waals surface area contributed by atoms with Crippen molar-refractivity contribution < 1.29 is 9.47 Å². The monoisotopic (exact) mass is 201 g/mol. The Labute approximate surface area is 87.2 Å². The van der Waals surface area contributed by atoms with Gasteiger partial charge in [-0.2, -0.15) is 0 Å². The van der Waals surface area contributed by atoms with Crippen LogP contribution in [0, 0.1) is 5.41 Å². The Hall–Kier alpha value is -0.120. The molecule has 1 aliphatic rings. The van der Waals surface area contributed by atoms with Crippen LogP contribution in [0.4, 0.5) is 0 Å². The second-order valence-corrected chi connectivity index (χ2v) is 4.22. The minimum absolute atomic E-state index is 0.405. The van der Waals surface area contributed by atoms with E-state index >= 15 is 0 Å². The Bertz CT molecular complexity index is 144. The minimum Gasteiger partial charge on any atom is -0.383 e. The van der Waals surface area contributed by atoms with Gasteiger partial charge in [0.2, 0.25) is 0 Å². The van der Waals surface area contributed by atoms with Gasteiger partial charge >= 0.3 is 0 Å². The van der Waals surface area contributed by atoms with Gasteiger partial charge in [0.25, 0.3) is 0 Å². The second-order valence-electron chi connectivity index (χ2n) is 4.22. The average molecular weight is 201 g/mol. The molecule has 0 aliphatic carbocycles. The summed E-state index contributed by atoms with van der Waals surface area (Å²) in [5.74, 6) is 0. The molecule has 0 aromatic carbocycles. The molecule has 1 unspecified atom stereocenters. The van der Waals surface area contributed by atoms with Gasteiger partial charge < -0.3 is 14.8 Å². The first-order valence-corrected chi connectivity index (χ1v) is 5.60. The lowest BCUT2D eigenvalue weighted by molar-refractivity contribution is 0.139. The summed E-state index contributed by atoms with van der Waals surface area (Å²) in [5, 5.41) is 3.45. The van der Waals surface area contributed by atoms with Gasteiger partial charge in [0.1, 0.15) is 0 Å². The van der Waals surface area contributed by atoms with Crippen LogP contribution in [-0.4, -0.2) is 40.0 Å². The quantitative estimate of drug-likeness (QED) is 0.632. The second kappa shape index (κ2) is 6.38. The highest BCUT2D eigenvalue weighted by Gasteiger charge is 2.33. The molecule has 0 bridgehead atoms. The van der Waals surface area contributed by atoms with Crippen molar-refractivity contribution in [3.8, 4) is 0 Å². The highest BCUT2D eigenvalue weighted by atomic mass is 16.5. The molecule has 1 atom stereocenters. The average Bonchev–Trinajstić information content (AvgIpc) is 2.63. The van der Waals surface area contributed by atoms with Crippen LogP contribution in [0.2, 0.25) is 0 Å². The Morgan fingerprint density at radius 1 is 1.50 bits per heavy atom. The number of rotatable bonds is 7. The van der Waals surface area contributed by atoms with Crippen LogP contribution in [0.25, 0.3) is 0 Å². The molecule has 1 heterocycles. The van der Waals surface area contributed by atoms with E-state index in [1.165, 1.54) is 19.3 Å². The van der Waals surface area contributed by atoms with Gasteiger partial charge in [-0.1, -0.05) is 13.3 Å². The van der Waals surface area contributed by atoms with E-state index in [9.17, 15) is 0 Å². The Morgan fingerprint density at radius 3 is 2.93 bits per heavy atom. The fraction of sp³-hybridized carbons (Fsp3) is 1.00. The first kappa shape index (κ1) is 12.0. The molecule has 1 rings (SSSR count). The molecule has 0 amide bonds. The van der Waals surface area contributed by atoms with Crippen molar-refractivity contribution in [2.75, 3.05) is 40.0 Å².